The van der Waals surface area contributed by atoms with Crippen LogP contribution in [0.2, 0.25) is 0 Å². The number of carbonyl (C=O) groups excluding carboxylic acids is 1. The van der Waals surface area contributed by atoms with Crippen LogP contribution in [0.4, 0.5) is 0 Å². The van der Waals surface area contributed by atoms with Gasteiger partial charge in [-0.3, -0.25) is 4.79 Å². The molecule has 0 atom stereocenters. The number of allylic oxidation sites excluding steroid dienone is 2. The standard InChI is InChI=1S/C14H16O2/c1-4-9-10(5-2)14(15)13-11(9)7-6-8-12(13)16-3/h6-8H,4-5H2,1-3H3. The second-order valence-electron chi connectivity index (χ2n) is 3.88. The summed E-state index contributed by atoms with van der Waals surface area (Å²) in [6.07, 6.45) is 1.69. The smallest absolute Gasteiger partial charge is 0.193 e. The first-order valence-corrected chi connectivity index (χ1v) is 5.68. The highest BCUT2D eigenvalue weighted by Gasteiger charge is 2.29. The summed E-state index contributed by atoms with van der Waals surface area (Å²) in [4.78, 5) is 12.2. The van der Waals surface area contributed by atoms with Gasteiger partial charge in [0.05, 0.1) is 12.7 Å². The highest BCUT2D eigenvalue weighted by molar-refractivity contribution is 6.22. The van der Waals surface area contributed by atoms with Gasteiger partial charge in [0.15, 0.2) is 5.78 Å². The van der Waals surface area contributed by atoms with Crippen molar-refractivity contribution in [3.05, 3.63) is 34.9 Å². The molecule has 0 spiro atoms. The molecular formula is C14H16O2. The Balaban J connectivity index is 2.66. The average molecular weight is 216 g/mol. The van der Waals surface area contributed by atoms with Crippen LogP contribution in [0, 0.1) is 0 Å². The number of hydrogen-bond donors (Lipinski definition) is 0. The van der Waals surface area contributed by atoms with Crippen LogP contribution in [0.25, 0.3) is 5.57 Å². The molecule has 84 valence electrons. The van der Waals surface area contributed by atoms with Crippen molar-refractivity contribution < 1.29 is 9.53 Å². The van der Waals surface area contributed by atoms with Crippen LogP contribution in [0.15, 0.2) is 23.8 Å². The number of benzene rings is 1. The molecule has 0 N–H and O–H groups in total. The van der Waals surface area contributed by atoms with Crippen molar-refractivity contribution >= 4 is 11.4 Å². The zero-order valence-corrected chi connectivity index (χ0v) is 9.96. The lowest BCUT2D eigenvalue weighted by Gasteiger charge is -2.06. The summed E-state index contributed by atoms with van der Waals surface area (Å²) < 4.78 is 5.27. The Kier molecular flexibility index (Phi) is 2.82. The Hall–Kier alpha value is -1.57. The minimum absolute atomic E-state index is 0.145. The first-order valence-electron chi connectivity index (χ1n) is 5.68. The van der Waals surface area contributed by atoms with Gasteiger partial charge in [-0.1, -0.05) is 26.0 Å². The van der Waals surface area contributed by atoms with E-state index in [1.54, 1.807) is 7.11 Å². The molecule has 0 aromatic heterocycles. The molecule has 16 heavy (non-hydrogen) atoms. The van der Waals surface area contributed by atoms with E-state index in [0.717, 1.165) is 29.5 Å². The van der Waals surface area contributed by atoms with Gasteiger partial charge in [0.2, 0.25) is 0 Å². The summed E-state index contributed by atoms with van der Waals surface area (Å²) in [5.41, 5.74) is 3.94. The molecule has 0 unspecified atom stereocenters. The van der Waals surface area contributed by atoms with Gasteiger partial charge >= 0.3 is 0 Å². The third-order valence-electron chi connectivity index (χ3n) is 3.14. The molecule has 2 rings (SSSR count). The number of carbonyl (C=O) groups is 1. The first kappa shape index (κ1) is 10.9. The third-order valence-corrected chi connectivity index (χ3v) is 3.14. The molecule has 0 bridgehead atoms. The fourth-order valence-corrected chi connectivity index (χ4v) is 2.42. The number of methoxy groups -OCH3 is 1. The number of ether oxygens (including phenoxy) is 1. The molecular weight excluding hydrogens is 200 g/mol. The van der Waals surface area contributed by atoms with Crippen LogP contribution in [-0.2, 0) is 0 Å². The molecule has 1 aliphatic rings. The van der Waals surface area contributed by atoms with E-state index in [9.17, 15) is 4.79 Å². The number of hydrogen-bond acceptors (Lipinski definition) is 2. The van der Waals surface area contributed by atoms with E-state index in [0.29, 0.717) is 5.75 Å². The Bertz CT molecular complexity index is 470. The number of Topliss-reactive ketones (excluding diaryl/α,β-unsaturated/α-hetero) is 1. The van der Waals surface area contributed by atoms with E-state index in [2.05, 4.69) is 6.92 Å². The minimum Gasteiger partial charge on any atom is -0.496 e. The highest BCUT2D eigenvalue weighted by atomic mass is 16.5. The lowest BCUT2D eigenvalue weighted by atomic mass is 10.0. The van der Waals surface area contributed by atoms with Crippen molar-refractivity contribution in [1.82, 2.24) is 0 Å². The van der Waals surface area contributed by atoms with Crippen molar-refractivity contribution in [2.24, 2.45) is 0 Å². The topological polar surface area (TPSA) is 26.3 Å². The van der Waals surface area contributed by atoms with Crippen LogP contribution in [0.5, 0.6) is 5.75 Å². The molecule has 1 aromatic carbocycles. The molecule has 1 aromatic rings. The van der Waals surface area contributed by atoms with E-state index in [4.69, 9.17) is 4.74 Å². The molecule has 0 heterocycles. The summed E-state index contributed by atoms with van der Waals surface area (Å²) in [5.74, 6) is 0.837. The van der Waals surface area contributed by atoms with E-state index >= 15 is 0 Å². The Morgan fingerprint density at radius 2 is 1.81 bits per heavy atom. The maximum Gasteiger partial charge on any atom is 0.193 e. The SMILES string of the molecule is CCC1=C(CC)c2cccc(OC)c2C1=O. The molecule has 0 fully saturated rings. The second kappa shape index (κ2) is 4.12. The molecule has 0 aliphatic heterocycles. The normalized spacial score (nSPS) is 14.3. The zero-order chi connectivity index (χ0) is 11.7. The Morgan fingerprint density at radius 3 is 2.38 bits per heavy atom. The van der Waals surface area contributed by atoms with Crippen molar-refractivity contribution in [2.75, 3.05) is 7.11 Å². The molecule has 1 aliphatic carbocycles. The predicted molar refractivity (Wildman–Crippen MR) is 64.8 cm³/mol. The van der Waals surface area contributed by atoms with E-state index in [1.807, 2.05) is 25.1 Å². The van der Waals surface area contributed by atoms with Gasteiger partial charge in [0, 0.05) is 5.57 Å². The fourth-order valence-electron chi connectivity index (χ4n) is 2.42. The monoisotopic (exact) mass is 216 g/mol. The van der Waals surface area contributed by atoms with Crippen molar-refractivity contribution in [2.45, 2.75) is 26.7 Å². The van der Waals surface area contributed by atoms with E-state index in [-0.39, 0.29) is 5.78 Å². The molecule has 2 nitrogen and oxygen atoms in total. The highest BCUT2D eigenvalue weighted by Crippen LogP contribution is 2.40. The predicted octanol–water partition coefficient (Wildman–Crippen LogP) is 3.47. The van der Waals surface area contributed by atoms with Gasteiger partial charge in [0.1, 0.15) is 5.75 Å². The largest absolute Gasteiger partial charge is 0.496 e. The molecule has 0 saturated carbocycles. The Labute approximate surface area is 95.9 Å². The first-order chi connectivity index (χ1) is 7.74. The van der Waals surface area contributed by atoms with Crippen molar-refractivity contribution in [1.29, 1.82) is 0 Å². The minimum atomic E-state index is 0.145. The van der Waals surface area contributed by atoms with Gasteiger partial charge in [-0.05, 0) is 30.0 Å². The lowest BCUT2D eigenvalue weighted by Crippen LogP contribution is -2.00. The molecule has 0 amide bonds. The van der Waals surface area contributed by atoms with Crippen LogP contribution < -0.4 is 4.74 Å². The molecule has 0 radical (unpaired) electrons. The molecule has 0 saturated heterocycles. The third kappa shape index (κ3) is 1.37. The van der Waals surface area contributed by atoms with Crippen LogP contribution in [0.1, 0.15) is 42.6 Å². The number of ketones is 1. The van der Waals surface area contributed by atoms with E-state index in [1.165, 1.54) is 5.57 Å². The lowest BCUT2D eigenvalue weighted by molar-refractivity contribution is 0.103. The summed E-state index contributed by atoms with van der Waals surface area (Å²) in [6, 6.07) is 5.80. The second-order valence-corrected chi connectivity index (χ2v) is 3.88. The Morgan fingerprint density at radius 1 is 1.12 bits per heavy atom. The maximum absolute atomic E-state index is 12.2. The fraction of sp³-hybridized carbons (Fsp3) is 0.357. The van der Waals surface area contributed by atoms with Crippen LogP contribution in [-0.4, -0.2) is 12.9 Å². The number of rotatable bonds is 3. The van der Waals surface area contributed by atoms with Crippen molar-refractivity contribution in [3.63, 3.8) is 0 Å². The maximum atomic E-state index is 12.2. The van der Waals surface area contributed by atoms with Gasteiger partial charge in [0.25, 0.3) is 0 Å². The summed E-state index contributed by atoms with van der Waals surface area (Å²) in [5, 5.41) is 0. The average Bonchev–Trinajstić information content (AvgIpc) is 2.61. The summed E-state index contributed by atoms with van der Waals surface area (Å²) in [7, 11) is 1.61. The summed E-state index contributed by atoms with van der Waals surface area (Å²) in [6.45, 7) is 4.12. The zero-order valence-electron chi connectivity index (χ0n) is 9.96. The van der Waals surface area contributed by atoms with Gasteiger partial charge in [-0.2, -0.15) is 0 Å². The van der Waals surface area contributed by atoms with Crippen LogP contribution >= 0.6 is 0 Å². The van der Waals surface area contributed by atoms with Gasteiger partial charge < -0.3 is 4.74 Å². The van der Waals surface area contributed by atoms with Crippen molar-refractivity contribution in [3.8, 4) is 5.75 Å². The quantitative estimate of drug-likeness (QED) is 0.773. The van der Waals surface area contributed by atoms with Crippen LogP contribution in [0.3, 0.4) is 0 Å². The summed E-state index contributed by atoms with van der Waals surface area (Å²) >= 11 is 0. The van der Waals surface area contributed by atoms with E-state index < -0.39 is 0 Å². The molecule has 2 heteroatoms. The van der Waals surface area contributed by atoms with Gasteiger partial charge in [-0.15, -0.1) is 0 Å². The number of fused-ring (bicyclic) bond motifs is 1. The van der Waals surface area contributed by atoms with Gasteiger partial charge in [-0.25, -0.2) is 0 Å².